The van der Waals surface area contributed by atoms with Crippen molar-refractivity contribution in [3.05, 3.63) is 64.4 Å². The molecular weight excluding hydrogens is 553 g/mol. The summed E-state index contributed by atoms with van der Waals surface area (Å²) in [7, 11) is -3.21. The third-order valence-electron chi connectivity index (χ3n) is 8.90. The third kappa shape index (κ3) is 5.98. The number of hydrogen-bond acceptors (Lipinski definition) is 5. The van der Waals surface area contributed by atoms with Crippen LogP contribution in [0.1, 0.15) is 43.7 Å². The minimum absolute atomic E-state index is 0.0393. The van der Waals surface area contributed by atoms with Crippen LogP contribution in [-0.4, -0.2) is 79.6 Å². The lowest BCUT2D eigenvalue weighted by Gasteiger charge is -2.39. The molecule has 8 nitrogen and oxygen atoms in total. The van der Waals surface area contributed by atoms with Gasteiger partial charge in [-0.2, -0.15) is 9.57 Å². The number of anilines is 1. The Hall–Kier alpha value is -2.71. The Morgan fingerprint density at radius 3 is 2.67 bits per heavy atom. The predicted octanol–water partition coefficient (Wildman–Crippen LogP) is 4.66. The van der Waals surface area contributed by atoms with Gasteiger partial charge in [0.05, 0.1) is 22.4 Å². The average molecular weight is 588 g/mol. The molecule has 1 aliphatic heterocycles. The summed E-state index contributed by atoms with van der Waals surface area (Å²) in [6.07, 6.45) is 3.70. The van der Waals surface area contributed by atoms with Gasteiger partial charge in [0.15, 0.2) is 0 Å². The molecule has 3 fully saturated rings. The van der Waals surface area contributed by atoms with E-state index >= 15 is 0 Å². The highest BCUT2D eigenvalue weighted by Crippen LogP contribution is 2.62. The first-order chi connectivity index (χ1) is 19.1. The second-order valence-electron chi connectivity index (χ2n) is 11.1. The Balaban J connectivity index is 1.27. The number of urea groups is 1. The molecule has 0 bridgehead atoms. The number of piperazine rings is 1. The van der Waals surface area contributed by atoms with Gasteiger partial charge in [-0.25, -0.2) is 17.6 Å². The molecule has 2 amide bonds. The normalized spacial score (nSPS) is 25.1. The lowest BCUT2D eigenvalue weighted by atomic mass is 9.80. The molecule has 3 aliphatic rings. The summed E-state index contributed by atoms with van der Waals surface area (Å²) in [5.74, 6) is -0.00316. The van der Waals surface area contributed by atoms with Crippen LogP contribution in [0.2, 0.25) is 5.02 Å². The summed E-state index contributed by atoms with van der Waals surface area (Å²) < 4.78 is 39.7. The molecule has 2 aliphatic carbocycles. The maximum atomic E-state index is 13.7. The molecule has 1 heterocycles. The minimum atomic E-state index is -3.21. The topological polar surface area (TPSA) is 96.8 Å². The fourth-order valence-corrected chi connectivity index (χ4v) is 7.69. The lowest BCUT2D eigenvalue weighted by Crippen LogP contribution is -2.52. The van der Waals surface area contributed by atoms with Crippen molar-refractivity contribution < 1.29 is 17.6 Å². The number of sulfonamides is 1. The van der Waals surface area contributed by atoms with Gasteiger partial charge in [0.25, 0.3) is 0 Å². The molecule has 214 valence electrons. The lowest BCUT2D eigenvalue weighted by molar-refractivity contribution is 0.131. The number of fused-ring (bicyclic) bond motifs is 1. The van der Waals surface area contributed by atoms with Gasteiger partial charge in [-0.05, 0) is 79.8 Å². The molecule has 3 atom stereocenters. The highest BCUT2D eigenvalue weighted by molar-refractivity contribution is 7.89. The Morgan fingerprint density at radius 1 is 1.23 bits per heavy atom. The number of carbonyl (C=O) groups is 1. The number of benzene rings is 2. The summed E-state index contributed by atoms with van der Waals surface area (Å²) in [4.78, 5) is 17.7. The first-order valence-corrected chi connectivity index (χ1v) is 15.9. The summed E-state index contributed by atoms with van der Waals surface area (Å²) in [5.41, 5.74) is 2.40. The van der Waals surface area contributed by atoms with E-state index in [9.17, 15) is 22.9 Å². The Kier molecular flexibility index (Phi) is 8.39. The van der Waals surface area contributed by atoms with Crippen LogP contribution in [0, 0.1) is 23.1 Å². The second-order valence-corrected chi connectivity index (χ2v) is 13.7. The first-order valence-electron chi connectivity index (χ1n) is 13.9. The van der Waals surface area contributed by atoms with Gasteiger partial charge in [-0.3, -0.25) is 4.90 Å². The van der Waals surface area contributed by atoms with Gasteiger partial charge < -0.3 is 10.2 Å². The summed E-state index contributed by atoms with van der Waals surface area (Å²) in [6.45, 7) is 4.93. The van der Waals surface area contributed by atoms with Crippen molar-refractivity contribution in [3.8, 4) is 6.07 Å². The van der Waals surface area contributed by atoms with E-state index in [2.05, 4.69) is 22.4 Å². The molecule has 40 heavy (non-hydrogen) atoms. The number of halogens is 2. The van der Waals surface area contributed by atoms with Crippen molar-refractivity contribution in [1.29, 1.82) is 5.26 Å². The highest BCUT2D eigenvalue weighted by Gasteiger charge is 2.58. The van der Waals surface area contributed by atoms with Crippen LogP contribution in [-0.2, 0) is 15.4 Å². The van der Waals surface area contributed by atoms with Crippen molar-refractivity contribution in [2.45, 2.75) is 44.1 Å². The van der Waals surface area contributed by atoms with Gasteiger partial charge in [-0.1, -0.05) is 23.7 Å². The number of nitriles is 1. The van der Waals surface area contributed by atoms with Crippen LogP contribution in [0.3, 0.4) is 0 Å². The highest BCUT2D eigenvalue weighted by atomic mass is 35.5. The van der Waals surface area contributed by atoms with Crippen LogP contribution >= 0.6 is 11.6 Å². The summed E-state index contributed by atoms with van der Waals surface area (Å²) in [6, 6.07) is 14.1. The van der Waals surface area contributed by atoms with Crippen molar-refractivity contribution >= 4 is 33.3 Å². The van der Waals surface area contributed by atoms with Gasteiger partial charge in [-0.15, -0.1) is 0 Å². The molecule has 11 heteroatoms. The number of rotatable bonds is 8. The first kappa shape index (κ1) is 28.8. The maximum absolute atomic E-state index is 13.7. The van der Waals surface area contributed by atoms with E-state index in [1.54, 1.807) is 11.2 Å². The molecule has 0 aromatic heterocycles. The molecular formula is C29H35ClFN5O3S. The molecule has 2 aromatic rings. The third-order valence-corrected chi connectivity index (χ3v) is 11.1. The number of nitrogens with zero attached hydrogens (tertiary/aromatic N) is 4. The monoisotopic (exact) mass is 587 g/mol. The van der Waals surface area contributed by atoms with E-state index in [1.165, 1.54) is 23.8 Å². The fourth-order valence-electron chi connectivity index (χ4n) is 6.43. The zero-order valence-electron chi connectivity index (χ0n) is 22.7. The Morgan fingerprint density at radius 2 is 2.00 bits per heavy atom. The number of carbonyl (C=O) groups excluding carboxylic acids is 1. The average Bonchev–Trinajstić information content (AvgIpc) is 3.71. The molecule has 0 spiro atoms. The summed E-state index contributed by atoms with van der Waals surface area (Å²) in [5, 5.41) is 12.2. The van der Waals surface area contributed by atoms with Gasteiger partial charge in [0.1, 0.15) is 5.82 Å². The van der Waals surface area contributed by atoms with Gasteiger partial charge in [0, 0.05) is 51.0 Å². The van der Waals surface area contributed by atoms with E-state index < -0.39 is 15.8 Å². The van der Waals surface area contributed by atoms with Gasteiger partial charge in [0.2, 0.25) is 10.0 Å². The van der Waals surface area contributed by atoms with Crippen LogP contribution in [0.4, 0.5) is 14.9 Å². The predicted molar refractivity (Wildman–Crippen MR) is 153 cm³/mol. The van der Waals surface area contributed by atoms with Crippen LogP contribution in [0.15, 0.2) is 42.5 Å². The van der Waals surface area contributed by atoms with E-state index in [-0.39, 0.29) is 28.3 Å². The van der Waals surface area contributed by atoms with E-state index in [0.717, 1.165) is 25.7 Å². The van der Waals surface area contributed by atoms with E-state index in [4.69, 9.17) is 11.6 Å². The van der Waals surface area contributed by atoms with E-state index in [0.29, 0.717) is 56.4 Å². The fraction of sp³-hybridized carbons (Fsp3) is 0.517. The maximum Gasteiger partial charge on any atom is 0.322 e. The van der Waals surface area contributed by atoms with Crippen molar-refractivity contribution in [1.82, 2.24) is 14.1 Å². The van der Waals surface area contributed by atoms with Crippen LogP contribution in [0.25, 0.3) is 0 Å². The smallest absolute Gasteiger partial charge is 0.320 e. The van der Waals surface area contributed by atoms with Gasteiger partial charge >= 0.3 is 6.03 Å². The van der Waals surface area contributed by atoms with Crippen molar-refractivity contribution in [2.75, 3.05) is 50.3 Å². The molecule has 1 saturated heterocycles. The largest absolute Gasteiger partial charge is 0.322 e. The zero-order valence-corrected chi connectivity index (χ0v) is 24.2. The molecule has 2 aromatic carbocycles. The second kappa shape index (κ2) is 11.6. The van der Waals surface area contributed by atoms with Crippen LogP contribution < -0.4 is 5.32 Å². The van der Waals surface area contributed by atoms with Crippen LogP contribution in [0.5, 0.6) is 0 Å². The molecule has 1 N–H and O–H groups in total. The molecule has 2 saturated carbocycles. The standard InChI is InChI=1S/C29H35ClFN5O3S/c1-2-40(38,39)35-13-10-34(11-14-35)12-15-36(28(37)33-24-6-7-27(31)26(30)18-24)25-8-9-29(19-23(29)17-25)22-5-3-4-21(16-22)20-32/h3-7,16,18,23,25H,2,8-15,17,19H2,1H3,(H,33,37)/t23-,25+,29+/m0/s1. The molecule has 0 unspecified atom stereocenters. The molecule has 0 radical (unpaired) electrons. The number of hydrogen-bond donors (Lipinski definition) is 1. The van der Waals surface area contributed by atoms with Crippen molar-refractivity contribution in [2.24, 2.45) is 5.92 Å². The quantitative estimate of drug-likeness (QED) is 0.484. The number of nitrogens with one attached hydrogen (secondary N) is 1. The van der Waals surface area contributed by atoms with E-state index in [1.807, 2.05) is 23.1 Å². The Bertz CT molecular complexity index is 1410. The molecule has 5 rings (SSSR count). The SMILES string of the molecule is CCS(=O)(=O)N1CCN(CCN(C(=O)Nc2ccc(F)c(Cl)c2)[C@@H]2CC[C@]3(c4cccc(C#N)c4)C[C@@H]3C2)CC1. The summed E-state index contributed by atoms with van der Waals surface area (Å²) >= 11 is 5.95. The zero-order chi connectivity index (χ0) is 28.5. The minimum Gasteiger partial charge on any atom is -0.320 e. The Labute approximate surface area is 240 Å². The van der Waals surface area contributed by atoms with Crippen molar-refractivity contribution in [3.63, 3.8) is 0 Å². The number of amides is 2.